The van der Waals surface area contributed by atoms with Gasteiger partial charge < -0.3 is 4.74 Å². The predicted octanol–water partition coefficient (Wildman–Crippen LogP) is 2.01. The fourth-order valence-electron chi connectivity index (χ4n) is 2.37. The van der Waals surface area contributed by atoms with Crippen LogP contribution in [0.15, 0.2) is 0 Å². The van der Waals surface area contributed by atoms with Crippen molar-refractivity contribution in [3.8, 4) is 0 Å². The van der Waals surface area contributed by atoms with Crippen LogP contribution in [0.4, 0.5) is 0 Å². The van der Waals surface area contributed by atoms with Gasteiger partial charge in [0.2, 0.25) is 0 Å². The van der Waals surface area contributed by atoms with Crippen LogP contribution in [0.25, 0.3) is 0 Å². The third kappa shape index (κ3) is 2.21. The van der Waals surface area contributed by atoms with E-state index in [0.717, 1.165) is 0 Å². The number of hydrogen-bond donors (Lipinski definition) is 0. The molecule has 0 bridgehead atoms. The molecule has 1 heterocycles. The molecule has 1 aliphatic rings. The Morgan fingerprint density at radius 1 is 1.33 bits per heavy atom. The minimum Gasteiger partial charge on any atom is -0.378 e. The third-order valence-corrected chi connectivity index (χ3v) is 5.94. The van der Waals surface area contributed by atoms with Crippen LogP contribution >= 0.6 is 0 Å². The van der Waals surface area contributed by atoms with E-state index in [2.05, 4.69) is 20.8 Å². The van der Waals surface area contributed by atoms with E-state index in [1.54, 1.807) is 14.0 Å². The SMILES string of the molecule is COC1(C(C)(C)C)CCS(=O)(=O)C(C)C1. The van der Waals surface area contributed by atoms with Crippen molar-refractivity contribution < 1.29 is 13.2 Å². The van der Waals surface area contributed by atoms with E-state index in [1.165, 1.54) is 0 Å². The topological polar surface area (TPSA) is 43.4 Å². The van der Waals surface area contributed by atoms with Crippen LogP contribution in [0.2, 0.25) is 0 Å². The summed E-state index contributed by atoms with van der Waals surface area (Å²) in [5.41, 5.74) is -0.316. The van der Waals surface area contributed by atoms with Crippen molar-refractivity contribution in [2.45, 2.75) is 51.4 Å². The maximum Gasteiger partial charge on any atom is 0.153 e. The van der Waals surface area contributed by atoms with Gasteiger partial charge in [0.15, 0.2) is 9.84 Å². The first kappa shape index (κ1) is 13.0. The summed E-state index contributed by atoms with van der Waals surface area (Å²) in [6, 6.07) is 0. The maximum atomic E-state index is 11.7. The summed E-state index contributed by atoms with van der Waals surface area (Å²) in [4.78, 5) is 0. The van der Waals surface area contributed by atoms with Gasteiger partial charge in [0, 0.05) is 7.11 Å². The zero-order chi connectivity index (χ0) is 11.9. The molecule has 15 heavy (non-hydrogen) atoms. The second-order valence-corrected chi connectivity index (χ2v) is 8.12. The van der Waals surface area contributed by atoms with Gasteiger partial charge >= 0.3 is 0 Å². The van der Waals surface area contributed by atoms with E-state index in [9.17, 15) is 8.42 Å². The Morgan fingerprint density at radius 2 is 1.87 bits per heavy atom. The van der Waals surface area contributed by atoms with E-state index in [-0.39, 0.29) is 22.0 Å². The summed E-state index contributed by atoms with van der Waals surface area (Å²) in [7, 11) is -1.19. The largest absolute Gasteiger partial charge is 0.378 e. The van der Waals surface area contributed by atoms with Crippen molar-refractivity contribution >= 4 is 9.84 Å². The summed E-state index contributed by atoms with van der Waals surface area (Å²) >= 11 is 0. The normalized spacial score (nSPS) is 36.5. The van der Waals surface area contributed by atoms with E-state index in [4.69, 9.17) is 4.74 Å². The minimum atomic E-state index is -2.88. The fraction of sp³-hybridized carbons (Fsp3) is 1.00. The van der Waals surface area contributed by atoms with Gasteiger partial charge in [-0.2, -0.15) is 0 Å². The molecule has 3 nitrogen and oxygen atoms in total. The van der Waals surface area contributed by atoms with Crippen LogP contribution in [0.5, 0.6) is 0 Å². The molecule has 0 aromatic rings. The molecular weight excluding hydrogens is 212 g/mol. The van der Waals surface area contributed by atoms with Gasteiger partial charge in [-0.1, -0.05) is 20.8 Å². The molecule has 0 saturated carbocycles. The highest BCUT2D eigenvalue weighted by atomic mass is 32.2. The number of rotatable bonds is 1. The Bertz CT molecular complexity index is 326. The van der Waals surface area contributed by atoms with Gasteiger partial charge in [0.25, 0.3) is 0 Å². The molecule has 0 aromatic carbocycles. The molecule has 0 spiro atoms. The van der Waals surface area contributed by atoms with Crippen LogP contribution < -0.4 is 0 Å². The van der Waals surface area contributed by atoms with Gasteiger partial charge in [-0.3, -0.25) is 0 Å². The predicted molar refractivity (Wildman–Crippen MR) is 61.7 cm³/mol. The van der Waals surface area contributed by atoms with E-state index in [0.29, 0.717) is 12.8 Å². The molecule has 0 radical (unpaired) electrons. The van der Waals surface area contributed by atoms with Crippen molar-refractivity contribution in [2.24, 2.45) is 5.41 Å². The molecule has 0 aromatic heterocycles. The van der Waals surface area contributed by atoms with Gasteiger partial charge in [0.1, 0.15) is 0 Å². The van der Waals surface area contributed by atoms with Crippen molar-refractivity contribution in [1.82, 2.24) is 0 Å². The zero-order valence-electron chi connectivity index (χ0n) is 10.3. The molecule has 0 aliphatic carbocycles. The molecule has 1 aliphatic heterocycles. The highest BCUT2D eigenvalue weighted by Crippen LogP contribution is 2.44. The molecule has 2 unspecified atom stereocenters. The molecular formula is C11H22O3S. The molecule has 1 rings (SSSR count). The first-order valence-electron chi connectivity index (χ1n) is 5.41. The second-order valence-electron chi connectivity index (χ2n) is 5.58. The monoisotopic (exact) mass is 234 g/mol. The van der Waals surface area contributed by atoms with Crippen LogP contribution in [-0.4, -0.2) is 32.1 Å². The van der Waals surface area contributed by atoms with E-state index >= 15 is 0 Å². The molecule has 2 atom stereocenters. The highest BCUT2D eigenvalue weighted by molar-refractivity contribution is 7.92. The molecule has 0 N–H and O–H groups in total. The van der Waals surface area contributed by atoms with Crippen LogP contribution in [0.3, 0.4) is 0 Å². The molecule has 90 valence electrons. The number of methoxy groups -OCH3 is 1. The van der Waals surface area contributed by atoms with Gasteiger partial charge in [-0.05, 0) is 25.2 Å². The van der Waals surface area contributed by atoms with Gasteiger partial charge in [-0.25, -0.2) is 8.42 Å². The fourth-order valence-corrected chi connectivity index (χ4v) is 3.91. The first-order chi connectivity index (χ1) is 6.65. The van der Waals surface area contributed by atoms with Crippen molar-refractivity contribution in [3.05, 3.63) is 0 Å². The second kappa shape index (κ2) is 3.74. The number of sulfone groups is 1. The third-order valence-electron chi connectivity index (χ3n) is 3.78. The summed E-state index contributed by atoms with van der Waals surface area (Å²) in [5, 5.41) is -0.287. The lowest BCUT2D eigenvalue weighted by Gasteiger charge is -2.47. The Labute approximate surface area is 93.1 Å². The maximum absolute atomic E-state index is 11.7. The van der Waals surface area contributed by atoms with E-state index < -0.39 is 9.84 Å². The summed E-state index contributed by atoms with van der Waals surface area (Å²) in [6.45, 7) is 8.12. The lowest BCUT2D eigenvalue weighted by molar-refractivity contribution is -0.102. The van der Waals surface area contributed by atoms with E-state index in [1.807, 2.05) is 0 Å². The average Bonchev–Trinajstić information content (AvgIpc) is 2.08. The Morgan fingerprint density at radius 3 is 2.20 bits per heavy atom. The Kier molecular flexibility index (Phi) is 3.23. The first-order valence-corrected chi connectivity index (χ1v) is 7.13. The molecule has 0 amide bonds. The standard InChI is InChI=1S/C11H22O3S/c1-9-8-11(14-5,10(2,3)4)6-7-15(9,12)13/h9H,6-8H2,1-5H3. The van der Waals surface area contributed by atoms with Gasteiger partial charge in [0.05, 0.1) is 16.6 Å². The van der Waals surface area contributed by atoms with Crippen molar-refractivity contribution in [3.63, 3.8) is 0 Å². The average molecular weight is 234 g/mol. The minimum absolute atomic E-state index is 0.0219. The Balaban J connectivity index is 3.00. The summed E-state index contributed by atoms with van der Waals surface area (Å²) in [6.07, 6.45) is 1.22. The lowest BCUT2D eigenvalue weighted by atomic mass is 9.71. The molecule has 1 saturated heterocycles. The van der Waals surface area contributed by atoms with Crippen molar-refractivity contribution in [1.29, 1.82) is 0 Å². The van der Waals surface area contributed by atoms with Gasteiger partial charge in [-0.15, -0.1) is 0 Å². The van der Waals surface area contributed by atoms with Crippen LogP contribution in [0, 0.1) is 5.41 Å². The summed E-state index contributed by atoms with van der Waals surface area (Å²) < 4.78 is 29.0. The highest BCUT2D eigenvalue weighted by Gasteiger charge is 2.48. The van der Waals surface area contributed by atoms with Crippen molar-refractivity contribution in [2.75, 3.05) is 12.9 Å². The zero-order valence-corrected chi connectivity index (χ0v) is 11.1. The smallest absolute Gasteiger partial charge is 0.153 e. The van der Waals surface area contributed by atoms with Crippen LogP contribution in [-0.2, 0) is 14.6 Å². The lowest BCUT2D eigenvalue weighted by Crippen LogP contribution is -2.52. The number of ether oxygens (including phenoxy) is 1. The Hall–Kier alpha value is -0.0900. The van der Waals surface area contributed by atoms with Crippen LogP contribution in [0.1, 0.15) is 40.5 Å². The molecule has 4 heteroatoms. The quantitative estimate of drug-likeness (QED) is 0.697. The summed E-state index contributed by atoms with van der Waals surface area (Å²) in [5.74, 6) is 0.249. The molecule has 1 fully saturated rings. The number of hydrogen-bond acceptors (Lipinski definition) is 3.